The molecular formula is C7H15N3O2. The third kappa shape index (κ3) is 2.35. The summed E-state index contributed by atoms with van der Waals surface area (Å²) in [5.41, 5.74) is 5.45. The summed E-state index contributed by atoms with van der Waals surface area (Å²) < 4.78 is 5.06. The summed E-state index contributed by atoms with van der Waals surface area (Å²) in [6.07, 6.45) is 0.274. The van der Waals surface area contributed by atoms with Gasteiger partial charge in [0.1, 0.15) is 0 Å². The van der Waals surface area contributed by atoms with Crippen LogP contribution in [0.15, 0.2) is 4.99 Å². The molecule has 70 valence electrons. The number of nitrogens with zero attached hydrogens (tertiary/aromatic N) is 1. The second kappa shape index (κ2) is 4.27. The van der Waals surface area contributed by atoms with Crippen LogP contribution in [-0.4, -0.2) is 43.5 Å². The highest BCUT2D eigenvalue weighted by molar-refractivity contribution is 5.78. The van der Waals surface area contributed by atoms with Crippen molar-refractivity contribution in [3.63, 3.8) is 0 Å². The molecule has 0 amide bonds. The molecule has 0 radical (unpaired) electrons. The minimum atomic E-state index is -0.487. The summed E-state index contributed by atoms with van der Waals surface area (Å²) >= 11 is 0. The van der Waals surface area contributed by atoms with Crippen molar-refractivity contribution >= 4 is 5.96 Å². The summed E-state index contributed by atoms with van der Waals surface area (Å²) in [5, 5.41) is 12.3. The van der Waals surface area contributed by atoms with Crippen molar-refractivity contribution < 1.29 is 9.84 Å². The largest absolute Gasteiger partial charge is 0.389 e. The highest BCUT2D eigenvalue weighted by atomic mass is 16.5. The van der Waals surface area contributed by atoms with E-state index in [0.717, 1.165) is 6.42 Å². The number of hydrogen-bond donors (Lipinski definition) is 3. The SMILES string of the molecule is CN=C(N)N[C@@H]1CCOC[C@H]1O. The van der Waals surface area contributed by atoms with E-state index >= 15 is 0 Å². The van der Waals surface area contributed by atoms with Crippen molar-refractivity contribution in [2.75, 3.05) is 20.3 Å². The van der Waals surface area contributed by atoms with Gasteiger partial charge in [0.05, 0.1) is 18.8 Å². The number of aliphatic hydroxyl groups is 1. The second-order valence-corrected chi connectivity index (χ2v) is 2.79. The van der Waals surface area contributed by atoms with Crippen LogP contribution in [0.4, 0.5) is 0 Å². The van der Waals surface area contributed by atoms with Crippen molar-refractivity contribution in [2.45, 2.75) is 18.6 Å². The van der Waals surface area contributed by atoms with Crippen LogP contribution in [0.2, 0.25) is 0 Å². The van der Waals surface area contributed by atoms with Crippen LogP contribution >= 0.6 is 0 Å². The number of aliphatic imine (C=N–C) groups is 1. The van der Waals surface area contributed by atoms with Gasteiger partial charge in [-0.15, -0.1) is 0 Å². The molecule has 1 heterocycles. The highest BCUT2D eigenvalue weighted by Crippen LogP contribution is 2.06. The molecule has 0 aromatic carbocycles. The molecule has 4 N–H and O–H groups in total. The normalized spacial score (nSPS) is 31.7. The molecule has 5 heteroatoms. The molecular weight excluding hydrogens is 158 g/mol. The maximum atomic E-state index is 9.42. The van der Waals surface area contributed by atoms with Crippen LogP contribution in [0.3, 0.4) is 0 Å². The van der Waals surface area contributed by atoms with E-state index in [1.807, 2.05) is 0 Å². The molecule has 12 heavy (non-hydrogen) atoms. The Balaban J connectivity index is 2.39. The summed E-state index contributed by atoms with van der Waals surface area (Å²) in [5.74, 6) is 0.362. The third-order valence-electron chi connectivity index (χ3n) is 1.90. The van der Waals surface area contributed by atoms with Gasteiger partial charge in [0.2, 0.25) is 0 Å². The molecule has 1 aliphatic heterocycles. The first kappa shape index (κ1) is 9.28. The molecule has 0 saturated carbocycles. The summed E-state index contributed by atoms with van der Waals surface area (Å²) in [4.78, 5) is 3.75. The maximum absolute atomic E-state index is 9.42. The first-order chi connectivity index (χ1) is 5.74. The van der Waals surface area contributed by atoms with Crippen LogP contribution in [0.25, 0.3) is 0 Å². The Morgan fingerprint density at radius 2 is 2.50 bits per heavy atom. The summed E-state index contributed by atoms with van der Waals surface area (Å²) in [7, 11) is 1.61. The van der Waals surface area contributed by atoms with Gasteiger partial charge in [0.25, 0.3) is 0 Å². The second-order valence-electron chi connectivity index (χ2n) is 2.79. The summed E-state index contributed by atoms with van der Waals surface area (Å²) in [6, 6.07) is -0.0255. The van der Waals surface area contributed by atoms with E-state index in [1.165, 1.54) is 0 Å². The van der Waals surface area contributed by atoms with Gasteiger partial charge in [0.15, 0.2) is 5.96 Å². The number of rotatable bonds is 1. The Hall–Kier alpha value is -0.810. The molecule has 1 rings (SSSR count). The van der Waals surface area contributed by atoms with Crippen LogP contribution < -0.4 is 11.1 Å². The van der Waals surface area contributed by atoms with Gasteiger partial charge in [0, 0.05) is 13.7 Å². The predicted octanol–water partition coefficient (Wildman–Crippen LogP) is -1.33. The topological polar surface area (TPSA) is 79.9 Å². The minimum absolute atomic E-state index is 0.0255. The van der Waals surface area contributed by atoms with Gasteiger partial charge in [-0.2, -0.15) is 0 Å². The predicted molar refractivity (Wildman–Crippen MR) is 45.9 cm³/mol. The first-order valence-corrected chi connectivity index (χ1v) is 3.98. The number of guanidine groups is 1. The van der Waals surface area contributed by atoms with E-state index < -0.39 is 6.10 Å². The van der Waals surface area contributed by atoms with E-state index in [9.17, 15) is 5.11 Å². The monoisotopic (exact) mass is 173 g/mol. The van der Waals surface area contributed by atoms with Crippen molar-refractivity contribution in [1.82, 2.24) is 5.32 Å². The maximum Gasteiger partial charge on any atom is 0.188 e. The van der Waals surface area contributed by atoms with Gasteiger partial charge in [-0.3, -0.25) is 4.99 Å². The highest BCUT2D eigenvalue weighted by Gasteiger charge is 2.23. The van der Waals surface area contributed by atoms with E-state index in [4.69, 9.17) is 10.5 Å². The quantitative estimate of drug-likeness (QED) is 0.339. The molecule has 0 spiro atoms. The lowest BCUT2D eigenvalue weighted by Gasteiger charge is -2.28. The Kier molecular flexibility index (Phi) is 3.31. The molecule has 5 nitrogen and oxygen atoms in total. The van der Waals surface area contributed by atoms with Gasteiger partial charge < -0.3 is 20.9 Å². The number of aliphatic hydroxyl groups excluding tert-OH is 1. The third-order valence-corrected chi connectivity index (χ3v) is 1.90. The molecule has 0 unspecified atom stereocenters. The fraction of sp³-hybridized carbons (Fsp3) is 0.857. The zero-order chi connectivity index (χ0) is 8.97. The lowest BCUT2D eigenvalue weighted by molar-refractivity contribution is -0.0232. The molecule has 0 aromatic rings. The van der Waals surface area contributed by atoms with Gasteiger partial charge in [-0.05, 0) is 6.42 Å². The Bertz CT molecular complexity index is 172. The number of nitrogens with one attached hydrogen (secondary N) is 1. The Morgan fingerprint density at radius 3 is 3.08 bits per heavy atom. The molecule has 1 fully saturated rings. The smallest absolute Gasteiger partial charge is 0.188 e. The van der Waals surface area contributed by atoms with Crippen LogP contribution in [0, 0.1) is 0 Å². The zero-order valence-electron chi connectivity index (χ0n) is 7.16. The molecule has 0 aromatic heterocycles. The Morgan fingerprint density at radius 1 is 1.75 bits per heavy atom. The molecule has 0 aliphatic carbocycles. The van der Waals surface area contributed by atoms with E-state index in [-0.39, 0.29) is 6.04 Å². The fourth-order valence-corrected chi connectivity index (χ4v) is 1.15. The van der Waals surface area contributed by atoms with Crippen molar-refractivity contribution in [1.29, 1.82) is 0 Å². The van der Waals surface area contributed by atoms with Crippen molar-refractivity contribution in [3.05, 3.63) is 0 Å². The lowest BCUT2D eigenvalue weighted by Crippen LogP contribution is -2.50. The Labute approximate surface area is 71.6 Å². The summed E-state index contributed by atoms with van der Waals surface area (Å²) in [6.45, 7) is 1.03. The number of ether oxygens (including phenoxy) is 1. The van der Waals surface area contributed by atoms with Crippen LogP contribution in [0.1, 0.15) is 6.42 Å². The molecule has 0 bridgehead atoms. The van der Waals surface area contributed by atoms with Crippen LogP contribution in [0.5, 0.6) is 0 Å². The average Bonchev–Trinajstić information content (AvgIpc) is 2.09. The fourth-order valence-electron chi connectivity index (χ4n) is 1.15. The van der Waals surface area contributed by atoms with Crippen molar-refractivity contribution in [3.8, 4) is 0 Å². The van der Waals surface area contributed by atoms with Gasteiger partial charge >= 0.3 is 0 Å². The zero-order valence-corrected chi connectivity index (χ0v) is 7.16. The number of hydrogen-bond acceptors (Lipinski definition) is 3. The minimum Gasteiger partial charge on any atom is -0.389 e. The standard InChI is InChI=1S/C7H15N3O2/c1-9-7(8)10-5-2-3-12-4-6(5)11/h5-6,11H,2-4H2,1H3,(H3,8,9,10)/t5-,6-/m1/s1. The van der Waals surface area contributed by atoms with E-state index in [1.54, 1.807) is 7.05 Å². The molecule has 1 aliphatic rings. The molecule has 2 atom stereocenters. The number of nitrogens with two attached hydrogens (primary N) is 1. The van der Waals surface area contributed by atoms with E-state index in [2.05, 4.69) is 10.3 Å². The average molecular weight is 173 g/mol. The van der Waals surface area contributed by atoms with Gasteiger partial charge in [-0.1, -0.05) is 0 Å². The van der Waals surface area contributed by atoms with E-state index in [0.29, 0.717) is 19.2 Å². The lowest BCUT2D eigenvalue weighted by atomic mass is 10.1. The van der Waals surface area contributed by atoms with Crippen LogP contribution in [-0.2, 0) is 4.74 Å². The first-order valence-electron chi connectivity index (χ1n) is 3.98. The van der Waals surface area contributed by atoms with Crippen molar-refractivity contribution in [2.24, 2.45) is 10.7 Å². The molecule has 1 saturated heterocycles. The van der Waals surface area contributed by atoms with Gasteiger partial charge in [-0.25, -0.2) is 0 Å².